The smallest absolute Gasteiger partial charge is 0.387 e. The predicted octanol–water partition coefficient (Wildman–Crippen LogP) is 1.91. The lowest BCUT2D eigenvalue weighted by Gasteiger charge is -2.15. The third-order valence-corrected chi connectivity index (χ3v) is 3.98. The number of carbonyl (C=O) groups excluding carboxylic acids is 2. The zero-order chi connectivity index (χ0) is 17.7. The van der Waals surface area contributed by atoms with Crippen LogP contribution in [0.1, 0.15) is 42.9 Å². The molecule has 132 valence electrons. The molecule has 1 aliphatic carbocycles. The maximum atomic E-state index is 12.5. The number of benzene rings is 1. The van der Waals surface area contributed by atoms with Crippen LogP contribution in [0.2, 0.25) is 0 Å². The van der Waals surface area contributed by atoms with E-state index in [9.17, 15) is 27.9 Å². The molecular formula is C16H19F3N2O3. The number of alkyl halides is 3. The van der Waals surface area contributed by atoms with Gasteiger partial charge in [0, 0.05) is 12.6 Å². The lowest BCUT2D eigenvalue weighted by molar-refractivity contribution is -0.139. The van der Waals surface area contributed by atoms with Gasteiger partial charge in [-0.05, 0) is 30.5 Å². The summed E-state index contributed by atoms with van der Waals surface area (Å²) in [6, 6.07) is 3.99. The van der Waals surface area contributed by atoms with Crippen molar-refractivity contribution in [2.24, 2.45) is 0 Å². The van der Waals surface area contributed by atoms with Crippen LogP contribution < -0.4 is 10.6 Å². The largest absolute Gasteiger partial charge is 0.416 e. The van der Waals surface area contributed by atoms with Crippen LogP contribution >= 0.6 is 0 Å². The van der Waals surface area contributed by atoms with Gasteiger partial charge in [0.15, 0.2) is 0 Å². The normalized spacial score (nSPS) is 16.7. The van der Waals surface area contributed by atoms with E-state index in [1.165, 1.54) is 0 Å². The highest BCUT2D eigenvalue weighted by Gasteiger charge is 2.30. The topological polar surface area (TPSA) is 78.4 Å². The summed E-state index contributed by atoms with van der Waals surface area (Å²) in [7, 11) is 0. The Hall–Kier alpha value is -2.09. The Labute approximate surface area is 137 Å². The summed E-state index contributed by atoms with van der Waals surface area (Å²) in [4.78, 5) is 23.3. The van der Waals surface area contributed by atoms with Crippen molar-refractivity contribution in [2.75, 3.05) is 6.54 Å². The van der Waals surface area contributed by atoms with Crippen molar-refractivity contribution in [1.82, 2.24) is 10.6 Å². The first kappa shape index (κ1) is 18.3. The number of hydrogen-bond acceptors (Lipinski definition) is 3. The molecule has 2 rings (SSSR count). The Bertz CT molecular complexity index is 581. The number of halogens is 3. The maximum Gasteiger partial charge on any atom is 0.416 e. The first-order valence-electron chi connectivity index (χ1n) is 7.71. The molecule has 1 aliphatic rings. The highest BCUT2D eigenvalue weighted by atomic mass is 19.4. The van der Waals surface area contributed by atoms with Crippen molar-refractivity contribution >= 4 is 11.8 Å². The first-order valence-corrected chi connectivity index (χ1v) is 7.71. The zero-order valence-corrected chi connectivity index (χ0v) is 12.9. The summed E-state index contributed by atoms with van der Waals surface area (Å²) >= 11 is 0. The van der Waals surface area contributed by atoms with Crippen molar-refractivity contribution in [2.45, 2.75) is 44.0 Å². The minimum absolute atomic E-state index is 0.00286. The van der Waals surface area contributed by atoms with Crippen molar-refractivity contribution in [3.8, 4) is 0 Å². The summed E-state index contributed by atoms with van der Waals surface area (Å²) in [5, 5.41) is 14.8. The van der Waals surface area contributed by atoms with Gasteiger partial charge < -0.3 is 15.7 Å². The SMILES string of the molecule is O=C(NCC(O)c1ccc(C(F)(F)F)cc1)C(=O)NC1CCCC1. The van der Waals surface area contributed by atoms with Crippen LogP contribution in [-0.4, -0.2) is 29.5 Å². The quantitative estimate of drug-likeness (QED) is 0.730. The van der Waals surface area contributed by atoms with E-state index in [-0.39, 0.29) is 18.2 Å². The van der Waals surface area contributed by atoms with Gasteiger partial charge in [-0.25, -0.2) is 0 Å². The molecule has 2 amide bonds. The molecule has 0 radical (unpaired) electrons. The van der Waals surface area contributed by atoms with E-state index in [1.54, 1.807) is 0 Å². The van der Waals surface area contributed by atoms with Crippen molar-refractivity contribution < 1.29 is 27.9 Å². The summed E-state index contributed by atoms with van der Waals surface area (Å²) in [5.74, 6) is -1.63. The van der Waals surface area contributed by atoms with Gasteiger partial charge in [0.1, 0.15) is 0 Å². The standard InChI is InChI=1S/C16H19F3N2O3/c17-16(18,19)11-7-5-10(6-8-11)13(22)9-20-14(23)15(24)21-12-3-1-2-4-12/h5-8,12-13,22H,1-4,9H2,(H,20,23)(H,21,24). The zero-order valence-electron chi connectivity index (χ0n) is 12.9. The number of rotatable bonds is 4. The second-order valence-electron chi connectivity index (χ2n) is 5.80. The average Bonchev–Trinajstić information content (AvgIpc) is 3.04. The third kappa shape index (κ3) is 4.95. The molecule has 3 N–H and O–H groups in total. The summed E-state index contributed by atoms with van der Waals surface area (Å²) in [6.07, 6.45) is -1.94. The van der Waals surface area contributed by atoms with E-state index in [0.717, 1.165) is 49.9 Å². The summed E-state index contributed by atoms with van der Waals surface area (Å²) in [5.41, 5.74) is -0.599. The van der Waals surface area contributed by atoms with Crippen LogP contribution in [-0.2, 0) is 15.8 Å². The molecule has 1 unspecified atom stereocenters. The van der Waals surface area contributed by atoms with E-state index < -0.39 is 29.7 Å². The molecule has 24 heavy (non-hydrogen) atoms. The van der Waals surface area contributed by atoms with Gasteiger partial charge in [0.05, 0.1) is 11.7 Å². The Morgan fingerprint density at radius 1 is 1.12 bits per heavy atom. The molecule has 0 aromatic heterocycles. The number of aliphatic hydroxyl groups is 1. The minimum Gasteiger partial charge on any atom is -0.387 e. The molecule has 1 fully saturated rings. The monoisotopic (exact) mass is 344 g/mol. The summed E-state index contributed by atoms with van der Waals surface area (Å²) in [6.45, 7) is -0.262. The average molecular weight is 344 g/mol. The van der Waals surface area contributed by atoms with Crippen LogP contribution in [0.3, 0.4) is 0 Å². The Kier molecular flexibility index (Phi) is 5.82. The van der Waals surface area contributed by atoms with E-state index in [0.29, 0.717) is 0 Å². The highest BCUT2D eigenvalue weighted by Crippen LogP contribution is 2.29. The van der Waals surface area contributed by atoms with Gasteiger partial charge >= 0.3 is 18.0 Å². The van der Waals surface area contributed by atoms with Crippen LogP contribution in [0, 0.1) is 0 Å². The molecule has 0 spiro atoms. The third-order valence-electron chi connectivity index (χ3n) is 3.98. The second-order valence-corrected chi connectivity index (χ2v) is 5.80. The van der Waals surface area contributed by atoms with Gasteiger partial charge in [-0.2, -0.15) is 13.2 Å². The van der Waals surface area contributed by atoms with E-state index in [2.05, 4.69) is 10.6 Å². The van der Waals surface area contributed by atoms with Gasteiger partial charge in [-0.1, -0.05) is 25.0 Å². The van der Waals surface area contributed by atoms with E-state index in [4.69, 9.17) is 0 Å². The Balaban J connectivity index is 1.82. The van der Waals surface area contributed by atoms with Crippen molar-refractivity contribution in [1.29, 1.82) is 0 Å². The second kappa shape index (κ2) is 7.65. The molecule has 1 saturated carbocycles. The lowest BCUT2D eigenvalue weighted by atomic mass is 10.1. The van der Waals surface area contributed by atoms with Gasteiger partial charge in [0.2, 0.25) is 0 Å². The molecule has 1 atom stereocenters. The summed E-state index contributed by atoms with van der Waals surface area (Å²) < 4.78 is 37.4. The van der Waals surface area contributed by atoms with Gasteiger partial charge in [-0.3, -0.25) is 9.59 Å². The molecule has 8 heteroatoms. The highest BCUT2D eigenvalue weighted by molar-refractivity contribution is 6.35. The molecule has 0 heterocycles. The van der Waals surface area contributed by atoms with Gasteiger partial charge in [0.25, 0.3) is 0 Å². The first-order chi connectivity index (χ1) is 11.3. The number of amides is 2. The van der Waals surface area contributed by atoms with Gasteiger partial charge in [-0.15, -0.1) is 0 Å². The van der Waals surface area contributed by atoms with Crippen molar-refractivity contribution in [3.63, 3.8) is 0 Å². The van der Waals surface area contributed by atoms with E-state index in [1.807, 2.05) is 0 Å². The molecule has 0 saturated heterocycles. The number of hydrogen-bond donors (Lipinski definition) is 3. The van der Waals surface area contributed by atoms with E-state index >= 15 is 0 Å². The Morgan fingerprint density at radius 3 is 2.25 bits per heavy atom. The van der Waals surface area contributed by atoms with Crippen molar-refractivity contribution in [3.05, 3.63) is 35.4 Å². The minimum atomic E-state index is -4.45. The van der Waals surface area contributed by atoms with Crippen LogP contribution in [0.4, 0.5) is 13.2 Å². The maximum absolute atomic E-state index is 12.5. The number of nitrogens with one attached hydrogen (secondary N) is 2. The molecule has 0 aliphatic heterocycles. The molecular weight excluding hydrogens is 325 g/mol. The lowest BCUT2D eigenvalue weighted by Crippen LogP contribution is -2.44. The number of aliphatic hydroxyl groups excluding tert-OH is 1. The fraction of sp³-hybridized carbons (Fsp3) is 0.500. The number of carbonyl (C=O) groups is 2. The fourth-order valence-electron chi connectivity index (χ4n) is 2.60. The van der Waals surface area contributed by atoms with Crippen LogP contribution in [0.5, 0.6) is 0 Å². The van der Waals surface area contributed by atoms with Crippen LogP contribution in [0.15, 0.2) is 24.3 Å². The predicted molar refractivity (Wildman–Crippen MR) is 79.8 cm³/mol. The Morgan fingerprint density at radius 2 is 1.71 bits per heavy atom. The fourth-order valence-corrected chi connectivity index (χ4v) is 2.60. The van der Waals surface area contributed by atoms with Crippen LogP contribution in [0.25, 0.3) is 0 Å². The molecule has 5 nitrogen and oxygen atoms in total. The molecule has 1 aromatic rings. The molecule has 0 bridgehead atoms. The molecule has 1 aromatic carbocycles.